The number of carbonyl (C=O) groups is 2. The topological polar surface area (TPSA) is 67.8 Å². The van der Waals surface area contributed by atoms with Crippen LogP contribution in [0.25, 0.3) is 0 Å². The van der Waals surface area contributed by atoms with Crippen molar-refractivity contribution in [2.45, 2.75) is 25.5 Å². The summed E-state index contributed by atoms with van der Waals surface area (Å²) in [6, 6.07) is -0.405. The van der Waals surface area contributed by atoms with Gasteiger partial charge < -0.3 is 4.74 Å². The number of hydrogen-bond donors (Lipinski definition) is 1. The molecule has 0 bridgehead atoms. The Hall–Kier alpha value is -1.91. The fourth-order valence-corrected chi connectivity index (χ4v) is 2.38. The van der Waals surface area contributed by atoms with E-state index in [1.54, 1.807) is 6.21 Å². The molecule has 0 spiro atoms. The van der Waals surface area contributed by atoms with Crippen molar-refractivity contribution in [2.75, 3.05) is 0 Å². The number of allylic oxidation sites excluding steroid dienone is 1. The van der Waals surface area contributed by atoms with E-state index in [0.717, 1.165) is 5.57 Å². The number of dihydropyridines is 1. The predicted octanol–water partition coefficient (Wildman–Crippen LogP) is 0.0851. The van der Waals surface area contributed by atoms with Crippen LogP contribution in [0.3, 0.4) is 0 Å². The molecular formula is C11H10N2O3. The van der Waals surface area contributed by atoms with Gasteiger partial charge in [0, 0.05) is 6.21 Å². The van der Waals surface area contributed by atoms with Gasteiger partial charge in [-0.15, -0.1) is 0 Å². The van der Waals surface area contributed by atoms with Gasteiger partial charge >= 0.3 is 0 Å². The molecule has 0 aliphatic carbocycles. The summed E-state index contributed by atoms with van der Waals surface area (Å²) in [5.41, 5.74) is 0.622. The zero-order valence-electron chi connectivity index (χ0n) is 8.90. The van der Waals surface area contributed by atoms with Gasteiger partial charge in [-0.3, -0.25) is 19.9 Å². The number of imide groups is 1. The Kier molecular flexibility index (Phi) is 1.52. The average molecular weight is 218 g/mol. The molecule has 5 heteroatoms. The largest absolute Gasteiger partial charge is 0.474 e. The molecule has 3 aliphatic heterocycles. The standard InChI is InChI=1S/C11H10N2O3/c1-5-3-11(2)8(12-4-5)6-7(16-11)10(15)13-9(6)14/h3-4,8H,1-2H3,(H,13,14,15). The molecule has 3 heterocycles. The molecule has 2 amide bonds. The minimum absolute atomic E-state index is 0.126. The van der Waals surface area contributed by atoms with Crippen molar-refractivity contribution in [1.82, 2.24) is 5.32 Å². The number of ether oxygens (including phenoxy) is 1. The maximum absolute atomic E-state index is 11.6. The van der Waals surface area contributed by atoms with Gasteiger partial charge in [0.2, 0.25) is 0 Å². The van der Waals surface area contributed by atoms with E-state index in [4.69, 9.17) is 4.74 Å². The maximum Gasteiger partial charge on any atom is 0.293 e. The second-order valence-electron chi connectivity index (χ2n) is 4.38. The van der Waals surface area contributed by atoms with Gasteiger partial charge in [-0.05, 0) is 25.5 Å². The molecule has 16 heavy (non-hydrogen) atoms. The molecule has 0 aromatic carbocycles. The Morgan fingerprint density at radius 1 is 1.44 bits per heavy atom. The number of hydrogen-bond acceptors (Lipinski definition) is 4. The van der Waals surface area contributed by atoms with Crippen LogP contribution in [0.2, 0.25) is 0 Å². The number of amides is 2. The molecule has 3 aliphatic rings. The normalized spacial score (nSPS) is 35.6. The lowest BCUT2D eigenvalue weighted by Gasteiger charge is -2.30. The quantitative estimate of drug-likeness (QED) is 0.586. The highest BCUT2D eigenvalue weighted by molar-refractivity contribution is 6.20. The van der Waals surface area contributed by atoms with Gasteiger partial charge in [0.1, 0.15) is 6.04 Å². The Labute approximate surface area is 91.9 Å². The predicted molar refractivity (Wildman–Crippen MR) is 55.7 cm³/mol. The molecule has 0 aromatic heterocycles. The van der Waals surface area contributed by atoms with E-state index < -0.39 is 17.6 Å². The average Bonchev–Trinajstić information content (AvgIpc) is 2.61. The Morgan fingerprint density at radius 3 is 2.94 bits per heavy atom. The van der Waals surface area contributed by atoms with Gasteiger partial charge in [0.15, 0.2) is 11.4 Å². The summed E-state index contributed by atoms with van der Waals surface area (Å²) < 4.78 is 5.59. The van der Waals surface area contributed by atoms with Crippen LogP contribution in [0.15, 0.2) is 28.0 Å². The number of aliphatic imine (C=N–C) groups is 1. The van der Waals surface area contributed by atoms with E-state index in [1.165, 1.54) is 0 Å². The van der Waals surface area contributed by atoms with Crippen LogP contribution in [-0.2, 0) is 14.3 Å². The lowest BCUT2D eigenvalue weighted by Crippen LogP contribution is -2.42. The second kappa shape index (κ2) is 2.61. The summed E-state index contributed by atoms with van der Waals surface area (Å²) in [6.45, 7) is 3.73. The summed E-state index contributed by atoms with van der Waals surface area (Å²) >= 11 is 0. The van der Waals surface area contributed by atoms with Crippen LogP contribution in [0.4, 0.5) is 0 Å². The molecule has 0 aromatic rings. The van der Waals surface area contributed by atoms with E-state index in [0.29, 0.717) is 5.57 Å². The van der Waals surface area contributed by atoms with Gasteiger partial charge in [0.05, 0.1) is 5.57 Å². The molecule has 2 atom stereocenters. The molecule has 3 rings (SSSR count). The number of nitrogens with one attached hydrogen (secondary N) is 1. The van der Waals surface area contributed by atoms with Gasteiger partial charge in [-0.2, -0.15) is 0 Å². The monoisotopic (exact) mass is 218 g/mol. The highest BCUT2D eigenvalue weighted by Crippen LogP contribution is 2.41. The number of fused-ring (bicyclic) bond motifs is 2. The van der Waals surface area contributed by atoms with Crippen LogP contribution in [0, 0.1) is 0 Å². The first-order valence-corrected chi connectivity index (χ1v) is 5.03. The smallest absolute Gasteiger partial charge is 0.293 e. The molecule has 1 N–H and O–H groups in total. The third-order valence-corrected chi connectivity index (χ3v) is 3.00. The third-order valence-electron chi connectivity index (χ3n) is 3.00. The molecule has 82 valence electrons. The first kappa shape index (κ1) is 9.33. The van der Waals surface area contributed by atoms with Crippen LogP contribution in [0.1, 0.15) is 13.8 Å². The van der Waals surface area contributed by atoms with E-state index in [1.807, 2.05) is 19.9 Å². The second-order valence-corrected chi connectivity index (χ2v) is 4.38. The van der Waals surface area contributed by atoms with Crippen LogP contribution >= 0.6 is 0 Å². The summed E-state index contributed by atoms with van der Waals surface area (Å²) in [5.74, 6) is -0.726. The molecule has 2 unspecified atom stereocenters. The number of rotatable bonds is 0. The van der Waals surface area contributed by atoms with Crippen LogP contribution < -0.4 is 5.32 Å². The maximum atomic E-state index is 11.6. The highest BCUT2D eigenvalue weighted by Gasteiger charge is 2.53. The van der Waals surface area contributed by atoms with E-state index in [-0.39, 0.29) is 11.7 Å². The Balaban J connectivity index is 2.12. The molecule has 0 saturated carbocycles. The minimum atomic E-state index is -0.698. The van der Waals surface area contributed by atoms with Gasteiger partial charge in [-0.1, -0.05) is 0 Å². The van der Waals surface area contributed by atoms with Gasteiger partial charge in [-0.25, -0.2) is 0 Å². The van der Waals surface area contributed by atoms with Crippen molar-refractivity contribution in [2.24, 2.45) is 4.99 Å². The van der Waals surface area contributed by atoms with E-state index in [2.05, 4.69) is 10.3 Å². The molecule has 0 fully saturated rings. The van der Waals surface area contributed by atoms with Crippen molar-refractivity contribution < 1.29 is 14.3 Å². The number of nitrogens with zero attached hydrogens (tertiary/aromatic N) is 1. The lowest BCUT2D eigenvalue weighted by atomic mass is 9.89. The summed E-state index contributed by atoms with van der Waals surface area (Å²) in [4.78, 5) is 27.3. The van der Waals surface area contributed by atoms with Crippen LogP contribution in [0.5, 0.6) is 0 Å². The third kappa shape index (κ3) is 0.973. The SMILES string of the molecule is CC1=CC2(C)OC3=C(C(=O)NC3=O)C2N=C1. The lowest BCUT2D eigenvalue weighted by molar-refractivity contribution is -0.127. The summed E-state index contributed by atoms with van der Waals surface area (Å²) in [7, 11) is 0. The molecular weight excluding hydrogens is 208 g/mol. The summed E-state index contributed by atoms with van der Waals surface area (Å²) in [6.07, 6.45) is 3.59. The van der Waals surface area contributed by atoms with Crippen molar-refractivity contribution >= 4 is 18.0 Å². The van der Waals surface area contributed by atoms with E-state index >= 15 is 0 Å². The first-order chi connectivity index (χ1) is 7.51. The fourth-order valence-electron chi connectivity index (χ4n) is 2.38. The van der Waals surface area contributed by atoms with Crippen LogP contribution in [-0.4, -0.2) is 29.7 Å². The van der Waals surface area contributed by atoms with Gasteiger partial charge in [0.25, 0.3) is 11.8 Å². The first-order valence-electron chi connectivity index (χ1n) is 5.03. The van der Waals surface area contributed by atoms with Crippen molar-refractivity contribution in [1.29, 1.82) is 0 Å². The molecule has 0 radical (unpaired) electrons. The zero-order chi connectivity index (χ0) is 11.5. The van der Waals surface area contributed by atoms with Crippen molar-refractivity contribution in [3.05, 3.63) is 23.0 Å². The summed E-state index contributed by atoms with van der Waals surface area (Å²) in [5, 5.41) is 2.21. The zero-order valence-corrected chi connectivity index (χ0v) is 8.90. The number of carbonyl (C=O) groups excluding carboxylic acids is 2. The van der Waals surface area contributed by atoms with E-state index in [9.17, 15) is 9.59 Å². The Bertz CT molecular complexity index is 515. The molecule has 0 saturated heterocycles. The minimum Gasteiger partial charge on any atom is -0.474 e. The molecule has 5 nitrogen and oxygen atoms in total. The fraction of sp³-hybridized carbons (Fsp3) is 0.364. The highest BCUT2D eigenvalue weighted by atomic mass is 16.5. The Morgan fingerprint density at radius 2 is 2.19 bits per heavy atom. The van der Waals surface area contributed by atoms with Crippen molar-refractivity contribution in [3.8, 4) is 0 Å². The van der Waals surface area contributed by atoms with Crippen molar-refractivity contribution in [3.63, 3.8) is 0 Å².